The molecule has 0 unspecified atom stereocenters. The van der Waals surface area contributed by atoms with Gasteiger partial charge >= 0.3 is 0 Å². The van der Waals surface area contributed by atoms with Crippen LogP contribution in [0.1, 0.15) is 10.4 Å². The third-order valence-electron chi connectivity index (χ3n) is 3.76. The molecule has 3 nitrogen and oxygen atoms in total. The predicted octanol–water partition coefficient (Wildman–Crippen LogP) is 4.16. The van der Waals surface area contributed by atoms with Crippen molar-refractivity contribution in [2.45, 2.75) is 13.3 Å². The van der Waals surface area contributed by atoms with Gasteiger partial charge in [-0.25, -0.2) is 13.5 Å². The summed E-state index contributed by atoms with van der Waals surface area (Å²) in [6, 6.07) is 7.63. The first-order valence-electron chi connectivity index (χ1n) is 7.01. The van der Waals surface area contributed by atoms with E-state index in [1.807, 2.05) is 19.1 Å². The first-order chi connectivity index (χ1) is 10.6. The number of benzene rings is 1. The van der Waals surface area contributed by atoms with Gasteiger partial charge in [0.15, 0.2) is 5.82 Å². The van der Waals surface area contributed by atoms with Crippen LogP contribution in [0.2, 0.25) is 0 Å². The second-order valence-electron chi connectivity index (χ2n) is 5.27. The number of fused-ring (bicyclic) bond motifs is 1. The van der Waals surface area contributed by atoms with Crippen LogP contribution in [0.5, 0.6) is 0 Å². The van der Waals surface area contributed by atoms with Crippen molar-refractivity contribution in [3.63, 3.8) is 0 Å². The Bertz CT molecular complexity index is 866. The third kappa shape index (κ3) is 2.02. The zero-order chi connectivity index (χ0) is 15.3. The Labute approximate surface area is 130 Å². The molecular weight excluding hydrogens is 304 g/mol. The molecule has 0 radical (unpaired) electrons. The summed E-state index contributed by atoms with van der Waals surface area (Å²) in [4.78, 5) is 2.27. The highest BCUT2D eigenvalue weighted by Gasteiger charge is 2.25. The highest BCUT2D eigenvalue weighted by atomic mass is 32.1. The average molecular weight is 317 g/mol. The van der Waals surface area contributed by atoms with Gasteiger partial charge in [-0.15, -0.1) is 11.3 Å². The van der Waals surface area contributed by atoms with Crippen molar-refractivity contribution >= 4 is 17.2 Å². The van der Waals surface area contributed by atoms with E-state index in [2.05, 4.69) is 10.4 Å². The molecule has 1 aliphatic rings. The van der Waals surface area contributed by atoms with Gasteiger partial charge in [-0.2, -0.15) is 5.10 Å². The molecule has 0 saturated carbocycles. The smallest absolute Gasteiger partial charge is 0.151 e. The average Bonchev–Trinajstić information content (AvgIpc) is 3.15. The highest BCUT2D eigenvalue weighted by Crippen LogP contribution is 2.37. The van der Waals surface area contributed by atoms with Crippen LogP contribution in [0.15, 0.2) is 30.3 Å². The first-order valence-corrected chi connectivity index (χ1v) is 7.83. The minimum absolute atomic E-state index is 0.256. The molecule has 0 aliphatic carbocycles. The van der Waals surface area contributed by atoms with Gasteiger partial charge in [-0.1, -0.05) is 0 Å². The number of hydrogen-bond donors (Lipinski definition) is 1. The maximum absolute atomic E-state index is 14.1. The molecule has 1 aromatic carbocycles. The number of nitrogens with zero attached hydrogens (tertiary/aromatic N) is 2. The maximum Gasteiger partial charge on any atom is 0.151 e. The van der Waals surface area contributed by atoms with Gasteiger partial charge in [0.1, 0.15) is 23.0 Å². The second-order valence-corrected chi connectivity index (χ2v) is 6.56. The number of anilines is 1. The van der Waals surface area contributed by atoms with Gasteiger partial charge in [-0.05, 0) is 37.6 Å². The predicted molar refractivity (Wildman–Crippen MR) is 83.7 cm³/mol. The van der Waals surface area contributed by atoms with Crippen LogP contribution >= 0.6 is 11.3 Å². The van der Waals surface area contributed by atoms with Gasteiger partial charge in [-0.3, -0.25) is 0 Å². The number of rotatable bonds is 2. The van der Waals surface area contributed by atoms with Crippen molar-refractivity contribution in [2.75, 3.05) is 11.9 Å². The molecule has 4 rings (SSSR count). The van der Waals surface area contributed by atoms with Crippen molar-refractivity contribution in [2.24, 2.45) is 0 Å². The van der Waals surface area contributed by atoms with Crippen LogP contribution in [0.4, 0.5) is 14.6 Å². The molecule has 22 heavy (non-hydrogen) atoms. The molecule has 1 aliphatic heterocycles. The van der Waals surface area contributed by atoms with E-state index in [4.69, 9.17) is 0 Å². The fourth-order valence-electron chi connectivity index (χ4n) is 2.76. The summed E-state index contributed by atoms with van der Waals surface area (Å²) in [6.07, 6.45) is 0.852. The van der Waals surface area contributed by atoms with Crippen molar-refractivity contribution in [1.29, 1.82) is 0 Å². The van der Waals surface area contributed by atoms with E-state index in [-0.39, 0.29) is 5.69 Å². The molecule has 0 fully saturated rings. The largest absolute Gasteiger partial charge is 0.369 e. The monoisotopic (exact) mass is 317 g/mol. The number of nitrogens with one attached hydrogen (secondary N) is 1. The molecule has 0 amide bonds. The van der Waals surface area contributed by atoms with Gasteiger partial charge in [0.05, 0.1) is 4.88 Å². The van der Waals surface area contributed by atoms with Crippen LogP contribution < -0.4 is 5.32 Å². The Morgan fingerprint density at radius 2 is 2.09 bits per heavy atom. The molecule has 2 aromatic heterocycles. The van der Waals surface area contributed by atoms with E-state index < -0.39 is 11.6 Å². The van der Waals surface area contributed by atoms with E-state index in [9.17, 15) is 8.78 Å². The summed E-state index contributed by atoms with van der Waals surface area (Å²) in [7, 11) is 0. The van der Waals surface area contributed by atoms with Gasteiger partial charge in [0.25, 0.3) is 0 Å². The first kappa shape index (κ1) is 13.5. The summed E-state index contributed by atoms with van der Waals surface area (Å²) in [5.74, 6) is -0.411. The Hall–Kier alpha value is -2.21. The molecule has 0 bridgehead atoms. The lowest BCUT2D eigenvalue weighted by molar-refractivity contribution is 0.574. The topological polar surface area (TPSA) is 29.9 Å². The van der Waals surface area contributed by atoms with E-state index in [0.29, 0.717) is 0 Å². The minimum atomic E-state index is -0.618. The zero-order valence-electron chi connectivity index (χ0n) is 11.9. The van der Waals surface area contributed by atoms with Gasteiger partial charge in [0.2, 0.25) is 0 Å². The van der Waals surface area contributed by atoms with Crippen LogP contribution in [0.3, 0.4) is 0 Å². The normalized spacial score (nSPS) is 13.2. The number of hydrogen-bond acceptors (Lipinski definition) is 3. The lowest BCUT2D eigenvalue weighted by atomic mass is 10.2. The number of aryl methyl sites for hydroxylation is 1. The fourth-order valence-corrected chi connectivity index (χ4v) is 3.64. The molecule has 112 valence electrons. The second kappa shape index (κ2) is 4.91. The van der Waals surface area contributed by atoms with E-state index in [1.165, 1.54) is 17.0 Å². The Morgan fingerprint density at radius 3 is 2.82 bits per heavy atom. The fraction of sp³-hybridized carbons (Fsp3) is 0.188. The SMILES string of the molecule is Cc1ccc(-c2nn(-c3ccc(F)cc3F)c3c2CCN3)s1. The van der Waals surface area contributed by atoms with Crippen LogP contribution in [-0.2, 0) is 6.42 Å². The van der Waals surface area contributed by atoms with E-state index in [1.54, 1.807) is 16.0 Å². The Kier molecular flexibility index (Phi) is 3.00. The summed E-state index contributed by atoms with van der Waals surface area (Å²) in [5.41, 5.74) is 2.22. The van der Waals surface area contributed by atoms with Crippen LogP contribution in [-0.4, -0.2) is 16.3 Å². The van der Waals surface area contributed by atoms with Crippen molar-refractivity contribution in [3.8, 4) is 16.3 Å². The van der Waals surface area contributed by atoms with Crippen LogP contribution in [0.25, 0.3) is 16.3 Å². The zero-order valence-corrected chi connectivity index (χ0v) is 12.7. The summed E-state index contributed by atoms with van der Waals surface area (Å²) < 4.78 is 28.8. The lowest BCUT2D eigenvalue weighted by Crippen LogP contribution is -2.06. The van der Waals surface area contributed by atoms with Crippen molar-refractivity contribution in [3.05, 3.63) is 52.4 Å². The van der Waals surface area contributed by atoms with E-state index >= 15 is 0 Å². The third-order valence-corrected chi connectivity index (χ3v) is 4.77. The molecule has 0 saturated heterocycles. The molecule has 3 heterocycles. The molecule has 0 spiro atoms. The van der Waals surface area contributed by atoms with Crippen LogP contribution in [0, 0.1) is 18.6 Å². The number of halogens is 2. The molecular formula is C16H13F2N3S. The molecule has 3 aromatic rings. The van der Waals surface area contributed by atoms with Gasteiger partial charge in [0, 0.05) is 23.1 Å². The Balaban J connectivity index is 1.91. The summed E-state index contributed by atoms with van der Waals surface area (Å²) >= 11 is 1.66. The van der Waals surface area contributed by atoms with E-state index in [0.717, 1.165) is 41.0 Å². The quantitative estimate of drug-likeness (QED) is 0.769. The molecule has 1 N–H and O–H groups in total. The number of aromatic nitrogens is 2. The summed E-state index contributed by atoms with van der Waals surface area (Å²) in [5, 5.41) is 7.83. The lowest BCUT2D eigenvalue weighted by Gasteiger charge is -2.07. The highest BCUT2D eigenvalue weighted by molar-refractivity contribution is 7.15. The van der Waals surface area contributed by atoms with Crippen molar-refractivity contribution < 1.29 is 8.78 Å². The minimum Gasteiger partial charge on any atom is -0.369 e. The van der Waals surface area contributed by atoms with Gasteiger partial charge < -0.3 is 5.32 Å². The number of thiophene rings is 1. The Morgan fingerprint density at radius 1 is 1.23 bits per heavy atom. The standard InChI is InChI=1S/C16H13F2N3S/c1-9-2-5-14(22-9)15-11-6-7-19-16(11)21(20-15)13-4-3-10(17)8-12(13)18/h2-5,8,19H,6-7H2,1H3. The molecule has 0 atom stereocenters. The maximum atomic E-state index is 14.1. The molecule has 6 heteroatoms. The summed E-state index contributed by atoms with van der Waals surface area (Å²) in [6.45, 7) is 2.84. The van der Waals surface area contributed by atoms with Crippen molar-refractivity contribution in [1.82, 2.24) is 9.78 Å².